The molecule has 2 N–H and O–H groups in total. The SMILES string of the molecule is CCCCCCCCCCCCOc1cccc(C(O)(OC(c2ccccc2)(c2ccccc2)c2ccc(OC)cc2)C(C)O)c1C. The van der Waals surface area contributed by atoms with Gasteiger partial charge in [0.15, 0.2) is 0 Å². The fourth-order valence-corrected chi connectivity index (χ4v) is 6.38. The van der Waals surface area contributed by atoms with Crippen LogP contribution in [-0.4, -0.2) is 30.0 Å². The van der Waals surface area contributed by atoms with Crippen LogP contribution in [0.3, 0.4) is 0 Å². The lowest BCUT2D eigenvalue weighted by Crippen LogP contribution is -2.49. The van der Waals surface area contributed by atoms with Crippen LogP contribution in [0, 0.1) is 6.92 Å². The molecule has 0 bridgehead atoms. The fourth-order valence-electron chi connectivity index (χ4n) is 6.38. The Morgan fingerprint density at radius 1 is 0.638 bits per heavy atom. The second-order valence-electron chi connectivity index (χ2n) is 12.6. The van der Waals surface area contributed by atoms with Crippen LogP contribution in [0.4, 0.5) is 0 Å². The van der Waals surface area contributed by atoms with Gasteiger partial charge in [-0.25, -0.2) is 0 Å². The highest BCUT2D eigenvalue weighted by molar-refractivity contribution is 5.50. The first-order valence-electron chi connectivity index (χ1n) is 17.5. The molecule has 0 aromatic heterocycles. The maximum Gasteiger partial charge on any atom is 0.220 e. The molecular formula is C42H54O5. The van der Waals surface area contributed by atoms with Crippen molar-refractivity contribution in [1.82, 2.24) is 0 Å². The van der Waals surface area contributed by atoms with E-state index < -0.39 is 17.5 Å². The van der Waals surface area contributed by atoms with Gasteiger partial charge in [0.05, 0.1) is 13.7 Å². The molecule has 0 radical (unpaired) electrons. The lowest BCUT2D eigenvalue weighted by Gasteiger charge is -2.44. The van der Waals surface area contributed by atoms with Crippen molar-refractivity contribution in [3.05, 3.63) is 131 Å². The zero-order valence-electron chi connectivity index (χ0n) is 28.8. The van der Waals surface area contributed by atoms with E-state index in [-0.39, 0.29) is 0 Å². The minimum Gasteiger partial charge on any atom is -0.497 e. The standard InChI is InChI=1S/C42H54O5/c1-5-6-7-8-9-10-11-12-13-20-32-46-40-27-21-26-39(33(40)2)42(44,34(3)43)47-41(35-22-16-14-17-23-35,36-24-18-15-19-25-36)37-28-30-38(45-4)31-29-37/h14-19,21-31,34,43-44H,5-13,20,32H2,1-4H3. The number of aliphatic hydroxyl groups is 2. The Hall–Kier alpha value is -3.64. The van der Waals surface area contributed by atoms with Crippen LogP contribution in [0.2, 0.25) is 0 Å². The largest absolute Gasteiger partial charge is 0.497 e. The Morgan fingerprint density at radius 2 is 1.15 bits per heavy atom. The summed E-state index contributed by atoms with van der Waals surface area (Å²) in [5.74, 6) is -0.722. The molecule has 4 rings (SSSR count). The van der Waals surface area contributed by atoms with Gasteiger partial charge in [-0.2, -0.15) is 0 Å². The van der Waals surface area contributed by atoms with Crippen LogP contribution < -0.4 is 9.47 Å². The van der Waals surface area contributed by atoms with E-state index in [1.54, 1.807) is 14.0 Å². The van der Waals surface area contributed by atoms with Crippen LogP contribution in [0.25, 0.3) is 0 Å². The predicted octanol–water partition coefficient (Wildman–Crippen LogP) is 9.84. The zero-order chi connectivity index (χ0) is 33.5. The van der Waals surface area contributed by atoms with E-state index in [1.165, 1.54) is 51.4 Å². The molecule has 47 heavy (non-hydrogen) atoms. The molecule has 0 saturated heterocycles. The number of benzene rings is 4. The third-order valence-electron chi connectivity index (χ3n) is 9.16. The van der Waals surface area contributed by atoms with E-state index in [4.69, 9.17) is 14.2 Å². The van der Waals surface area contributed by atoms with Gasteiger partial charge in [-0.15, -0.1) is 0 Å². The maximum atomic E-state index is 12.6. The van der Waals surface area contributed by atoms with Crippen molar-refractivity contribution in [3.8, 4) is 11.5 Å². The average Bonchev–Trinajstić information content (AvgIpc) is 3.11. The van der Waals surface area contributed by atoms with Gasteiger partial charge in [-0.05, 0) is 60.7 Å². The third kappa shape index (κ3) is 9.04. The van der Waals surface area contributed by atoms with Gasteiger partial charge in [0.2, 0.25) is 5.79 Å². The van der Waals surface area contributed by atoms with Crippen molar-refractivity contribution >= 4 is 0 Å². The highest BCUT2D eigenvalue weighted by Crippen LogP contribution is 2.47. The first-order chi connectivity index (χ1) is 22.9. The number of hydrogen-bond acceptors (Lipinski definition) is 5. The molecule has 0 aliphatic rings. The Labute approximate surface area is 282 Å². The van der Waals surface area contributed by atoms with Gasteiger partial charge < -0.3 is 24.4 Å². The topological polar surface area (TPSA) is 68.2 Å². The van der Waals surface area contributed by atoms with Crippen molar-refractivity contribution in [1.29, 1.82) is 0 Å². The van der Waals surface area contributed by atoms with E-state index in [9.17, 15) is 10.2 Å². The number of aliphatic hydroxyl groups excluding tert-OH is 1. The lowest BCUT2D eigenvalue weighted by molar-refractivity contribution is -0.298. The fraction of sp³-hybridized carbons (Fsp3) is 0.429. The second-order valence-corrected chi connectivity index (χ2v) is 12.6. The van der Waals surface area contributed by atoms with Crippen molar-refractivity contribution in [2.45, 2.75) is 102 Å². The molecule has 2 atom stereocenters. The lowest BCUT2D eigenvalue weighted by atomic mass is 9.79. The minimum atomic E-state index is -2.10. The van der Waals surface area contributed by atoms with E-state index in [1.807, 2.05) is 110 Å². The summed E-state index contributed by atoms with van der Waals surface area (Å²) in [6.45, 7) is 6.33. The summed E-state index contributed by atoms with van der Waals surface area (Å²) in [5, 5.41) is 24.0. The van der Waals surface area contributed by atoms with E-state index in [2.05, 4.69) is 6.92 Å². The Balaban J connectivity index is 1.62. The third-order valence-corrected chi connectivity index (χ3v) is 9.16. The van der Waals surface area contributed by atoms with Crippen LogP contribution in [0.5, 0.6) is 11.5 Å². The maximum absolute atomic E-state index is 12.6. The van der Waals surface area contributed by atoms with Crippen LogP contribution in [-0.2, 0) is 16.1 Å². The number of ether oxygens (including phenoxy) is 3. The molecule has 252 valence electrons. The summed E-state index contributed by atoms with van der Waals surface area (Å²) < 4.78 is 18.8. The van der Waals surface area contributed by atoms with Gasteiger partial charge in [0.25, 0.3) is 0 Å². The number of unbranched alkanes of at least 4 members (excludes halogenated alkanes) is 9. The Kier molecular flexibility index (Phi) is 13.9. The van der Waals surface area contributed by atoms with Crippen molar-refractivity contribution in [2.24, 2.45) is 0 Å². The molecule has 5 heteroatoms. The smallest absolute Gasteiger partial charge is 0.220 e. The zero-order valence-corrected chi connectivity index (χ0v) is 28.8. The van der Waals surface area contributed by atoms with Gasteiger partial charge in [0.1, 0.15) is 23.2 Å². The number of rotatable bonds is 20. The van der Waals surface area contributed by atoms with E-state index in [0.29, 0.717) is 23.7 Å². The minimum absolute atomic E-state index is 0.456. The predicted molar refractivity (Wildman–Crippen MR) is 191 cm³/mol. The van der Waals surface area contributed by atoms with Gasteiger partial charge in [-0.1, -0.05) is 150 Å². The highest BCUT2D eigenvalue weighted by atomic mass is 16.7. The molecule has 5 nitrogen and oxygen atoms in total. The molecule has 4 aromatic rings. The molecule has 0 heterocycles. The Morgan fingerprint density at radius 3 is 1.66 bits per heavy atom. The monoisotopic (exact) mass is 638 g/mol. The Bertz CT molecular complexity index is 1410. The summed E-state index contributed by atoms with van der Waals surface area (Å²) in [4.78, 5) is 0. The molecule has 0 spiro atoms. The molecule has 2 unspecified atom stereocenters. The van der Waals surface area contributed by atoms with Crippen molar-refractivity contribution in [2.75, 3.05) is 13.7 Å². The van der Waals surface area contributed by atoms with Crippen molar-refractivity contribution < 1.29 is 24.4 Å². The van der Waals surface area contributed by atoms with E-state index in [0.717, 1.165) is 35.1 Å². The summed E-state index contributed by atoms with van der Waals surface area (Å²) in [7, 11) is 1.63. The number of hydrogen-bond donors (Lipinski definition) is 2. The first-order valence-corrected chi connectivity index (χ1v) is 17.5. The average molecular weight is 639 g/mol. The van der Waals surface area contributed by atoms with Crippen LogP contribution in [0.1, 0.15) is 106 Å². The van der Waals surface area contributed by atoms with Crippen molar-refractivity contribution in [3.63, 3.8) is 0 Å². The normalized spacial score (nSPS) is 13.6. The summed E-state index contributed by atoms with van der Waals surface area (Å²) in [5.41, 5.74) is 2.29. The summed E-state index contributed by atoms with van der Waals surface area (Å²) in [6, 6.07) is 32.9. The molecule has 0 aliphatic heterocycles. The van der Waals surface area contributed by atoms with Gasteiger partial charge in [-0.3, -0.25) is 0 Å². The second kappa shape index (κ2) is 18.1. The molecule has 0 saturated carbocycles. The van der Waals surface area contributed by atoms with E-state index >= 15 is 0 Å². The van der Waals surface area contributed by atoms with Gasteiger partial charge in [0, 0.05) is 5.56 Å². The van der Waals surface area contributed by atoms with Gasteiger partial charge >= 0.3 is 0 Å². The molecule has 4 aromatic carbocycles. The quantitative estimate of drug-likeness (QED) is 0.0573. The molecule has 0 amide bonds. The molecule has 0 aliphatic carbocycles. The van der Waals surface area contributed by atoms with Crippen LogP contribution >= 0.6 is 0 Å². The molecular weight excluding hydrogens is 584 g/mol. The highest BCUT2D eigenvalue weighted by Gasteiger charge is 2.49. The summed E-state index contributed by atoms with van der Waals surface area (Å²) in [6.07, 6.45) is 11.3. The molecule has 0 fully saturated rings. The number of methoxy groups -OCH3 is 1. The van der Waals surface area contributed by atoms with Crippen LogP contribution in [0.15, 0.2) is 103 Å². The first kappa shape index (κ1) is 36.2. The summed E-state index contributed by atoms with van der Waals surface area (Å²) >= 11 is 0.